The van der Waals surface area contributed by atoms with Crippen LogP contribution in [0.25, 0.3) is 0 Å². The van der Waals surface area contributed by atoms with Crippen LogP contribution < -0.4 is 0 Å². The van der Waals surface area contributed by atoms with Gasteiger partial charge in [-0.15, -0.1) is 16.9 Å². The van der Waals surface area contributed by atoms with E-state index in [1.807, 2.05) is 24.9 Å². The van der Waals surface area contributed by atoms with Gasteiger partial charge < -0.3 is 0 Å². The smallest absolute Gasteiger partial charge is 0.209 e. The summed E-state index contributed by atoms with van der Waals surface area (Å²) in [5, 5.41) is 12.2. The average molecular weight is 252 g/mol. The molecule has 0 bridgehead atoms. The van der Waals surface area contributed by atoms with Gasteiger partial charge in [0.25, 0.3) is 0 Å². The zero-order valence-corrected chi connectivity index (χ0v) is 10.5. The second-order valence-corrected chi connectivity index (χ2v) is 5.33. The summed E-state index contributed by atoms with van der Waals surface area (Å²) < 4.78 is 1.69. The van der Waals surface area contributed by atoms with Crippen LogP contribution in [-0.2, 0) is 7.05 Å². The highest BCUT2D eigenvalue weighted by Gasteiger charge is 2.02. The lowest BCUT2D eigenvalue weighted by Gasteiger charge is -2.00. The molecule has 0 amide bonds. The molecule has 0 atom stereocenters. The van der Waals surface area contributed by atoms with Gasteiger partial charge in [-0.25, -0.2) is 4.68 Å². The molecule has 0 fully saturated rings. The summed E-state index contributed by atoms with van der Waals surface area (Å²) in [6.07, 6.45) is 0. The summed E-state index contributed by atoms with van der Waals surface area (Å²) in [6, 6.07) is 10.4. The van der Waals surface area contributed by atoms with Crippen molar-refractivity contribution in [3.05, 3.63) is 30.3 Å². The number of tetrazole rings is 1. The fourth-order valence-corrected chi connectivity index (χ4v) is 2.90. The van der Waals surface area contributed by atoms with Gasteiger partial charge in [0.05, 0.1) is 0 Å². The third kappa shape index (κ3) is 3.24. The summed E-state index contributed by atoms with van der Waals surface area (Å²) in [5.74, 6) is 2.06. The highest BCUT2D eigenvalue weighted by Crippen LogP contribution is 2.20. The van der Waals surface area contributed by atoms with Crippen LogP contribution in [0, 0.1) is 0 Å². The van der Waals surface area contributed by atoms with Crippen molar-refractivity contribution in [3.8, 4) is 0 Å². The molecule has 0 unspecified atom stereocenters. The Balaban J connectivity index is 1.72. The fourth-order valence-electron chi connectivity index (χ4n) is 1.15. The van der Waals surface area contributed by atoms with Crippen LogP contribution in [-0.4, -0.2) is 31.7 Å². The Morgan fingerprint density at radius 3 is 2.56 bits per heavy atom. The molecule has 1 aromatic carbocycles. The zero-order valence-electron chi connectivity index (χ0n) is 8.91. The molecule has 0 N–H and O–H groups in total. The van der Waals surface area contributed by atoms with Crippen molar-refractivity contribution >= 4 is 23.5 Å². The van der Waals surface area contributed by atoms with Gasteiger partial charge in [0, 0.05) is 23.4 Å². The van der Waals surface area contributed by atoms with E-state index in [4.69, 9.17) is 0 Å². The molecular weight excluding hydrogens is 240 g/mol. The molecule has 0 spiro atoms. The van der Waals surface area contributed by atoms with Crippen LogP contribution in [0.1, 0.15) is 0 Å². The van der Waals surface area contributed by atoms with Crippen molar-refractivity contribution in [1.82, 2.24) is 20.2 Å². The van der Waals surface area contributed by atoms with Gasteiger partial charge in [-0.05, 0) is 22.6 Å². The molecule has 1 aromatic heterocycles. The van der Waals surface area contributed by atoms with Crippen molar-refractivity contribution < 1.29 is 0 Å². The summed E-state index contributed by atoms with van der Waals surface area (Å²) >= 11 is 3.53. The minimum Gasteiger partial charge on any atom is -0.224 e. The number of aromatic nitrogens is 4. The van der Waals surface area contributed by atoms with E-state index in [0.29, 0.717) is 0 Å². The molecule has 16 heavy (non-hydrogen) atoms. The third-order valence-corrected chi connectivity index (χ3v) is 4.19. The molecule has 84 valence electrons. The van der Waals surface area contributed by atoms with Crippen molar-refractivity contribution in [1.29, 1.82) is 0 Å². The molecule has 0 saturated heterocycles. The van der Waals surface area contributed by atoms with E-state index in [9.17, 15) is 0 Å². The highest BCUT2D eigenvalue weighted by molar-refractivity contribution is 8.02. The molecule has 1 heterocycles. The van der Waals surface area contributed by atoms with E-state index >= 15 is 0 Å². The van der Waals surface area contributed by atoms with Gasteiger partial charge in [-0.2, -0.15) is 0 Å². The number of rotatable bonds is 5. The van der Waals surface area contributed by atoms with Crippen LogP contribution in [0.4, 0.5) is 0 Å². The van der Waals surface area contributed by atoms with Gasteiger partial charge in [0.2, 0.25) is 5.16 Å². The number of benzene rings is 1. The summed E-state index contributed by atoms with van der Waals surface area (Å²) in [5.41, 5.74) is 0. The van der Waals surface area contributed by atoms with Crippen LogP contribution >= 0.6 is 23.5 Å². The molecule has 0 aliphatic heterocycles. The standard InChI is InChI=1S/C10H12N4S2/c1-14-10(11-12-13-14)16-8-7-15-9-5-3-2-4-6-9/h2-6H,7-8H2,1H3. The normalized spacial score (nSPS) is 10.6. The van der Waals surface area contributed by atoms with E-state index < -0.39 is 0 Å². The first-order valence-electron chi connectivity index (χ1n) is 4.89. The molecular formula is C10H12N4S2. The van der Waals surface area contributed by atoms with E-state index in [-0.39, 0.29) is 0 Å². The molecule has 4 nitrogen and oxygen atoms in total. The van der Waals surface area contributed by atoms with Crippen molar-refractivity contribution in [3.63, 3.8) is 0 Å². The topological polar surface area (TPSA) is 43.6 Å². The lowest BCUT2D eigenvalue weighted by Crippen LogP contribution is -1.94. The first-order chi connectivity index (χ1) is 7.86. The largest absolute Gasteiger partial charge is 0.224 e. The summed E-state index contributed by atoms with van der Waals surface area (Å²) in [4.78, 5) is 1.30. The Morgan fingerprint density at radius 2 is 1.88 bits per heavy atom. The minimum atomic E-state index is 0.869. The predicted molar refractivity (Wildman–Crippen MR) is 66.7 cm³/mol. The van der Waals surface area contributed by atoms with Gasteiger partial charge >= 0.3 is 0 Å². The lowest BCUT2D eigenvalue weighted by atomic mass is 10.4. The van der Waals surface area contributed by atoms with E-state index in [1.165, 1.54) is 4.90 Å². The monoisotopic (exact) mass is 252 g/mol. The first kappa shape index (κ1) is 11.5. The Kier molecular flexibility index (Phi) is 4.24. The van der Waals surface area contributed by atoms with Crippen LogP contribution in [0.15, 0.2) is 40.4 Å². The lowest BCUT2D eigenvalue weighted by molar-refractivity contribution is 0.665. The number of aryl methyl sites for hydroxylation is 1. The van der Waals surface area contributed by atoms with Crippen LogP contribution in [0.2, 0.25) is 0 Å². The molecule has 0 radical (unpaired) electrons. The second kappa shape index (κ2) is 5.91. The Morgan fingerprint density at radius 1 is 1.12 bits per heavy atom. The minimum absolute atomic E-state index is 0.869. The average Bonchev–Trinajstić information content (AvgIpc) is 2.72. The van der Waals surface area contributed by atoms with E-state index in [1.54, 1.807) is 16.4 Å². The highest BCUT2D eigenvalue weighted by atomic mass is 32.2. The quantitative estimate of drug-likeness (QED) is 0.602. The summed E-state index contributed by atoms with van der Waals surface area (Å²) in [6.45, 7) is 0. The maximum atomic E-state index is 3.92. The van der Waals surface area contributed by atoms with E-state index in [0.717, 1.165) is 16.7 Å². The number of thioether (sulfide) groups is 2. The van der Waals surface area contributed by atoms with Crippen LogP contribution in [0.3, 0.4) is 0 Å². The van der Waals surface area contributed by atoms with Gasteiger partial charge in [-0.3, -0.25) is 0 Å². The molecule has 0 aliphatic rings. The van der Waals surface area contributed by atoms with Gasteiger partial charge in [-0.1, -0.05) is 30.0 Å². The molecule has 0 aliphatic carbocycles. The Hall–Kier alpha value is -1.01. The number of nitrogens with zero attached hydrogens (tertiary/aromatic N) is 4. The molecule has 2 aromatic rings. The zero-order chi connectivity index (χ0) is 11.2. The van der Waals surface area contributed by atoms with Crippen LogP contribution in [0.5, 0.6) is 0 Å². The third-order valence-electron chi connectivity index (χ3n) is 1.91. The number of hydrogen-bond acceptors (Lipinski definition) is 5. The summed E-state index contributed by atoms with van der Waals surface area (Å²) in [7, 11) is 1.85. The fraction of sp³-hybridized carbons (Fsp3) is 0.300. The molecule has 0 saturated carbocycles. The van der Waals surface area contributed by atoms with Crippen molar-refractivity contribution in [2.24, 2.45) is 7.05 Å². The SMILES string of the molecule is Cn1nnnc1SCCSc1ccccc1. The maximum absolute atomic E-state index is 3.92. The number of hydrogen-bond donors (Lipinski definition) is 0. The molecule has 2 rings (SSSR count). The Bertz CT molecular complexity index is 429. The predicted octanol–water partition coefficient (Wildman–Crippen LogP) is 2.09. The second-order valence-electron chi connectivity index (χ2n) is 3.10. The molecule has 6 heteroatoms. The van der Waals surface area contributed by atoms with Gasteiger partial charge in [0.15, 0.2) is 0 Å². The van der Waals surface area contributed by atoms with Crippen molar-refractivity contribution in [2.75, 3.05) is 11.5 Å². The van der Waals surface area contributed by atoms with Crippen molar-refractivity contribution in [2.45, 2.75) is 10.1 Å². The maximum Gasteiger partial charge on any atom is 0.209 e. The van der Waals surface area contributed by atoms with E-state index in [2.05, 4.69) is 39.8 Å². The Labute approximate surface area is 103 Å². The van der Waals surface area contributed by atoms with Gasteiger partial charge in [0.1, 0.15) is 0 Å². The first-order valence-corrected chi connectivity index (χ1v) is 6.86.